The molecule has 0 aliphatic carbocycles. The average Bonchev–Trinajstić information content (AvgIpc) is 2.89. The Morgan fingerprint density at radius 3 is 2.95 bits per heavy atom. The maximum Gasteiger partial charge on any atom is 0.132 e. The van der Waals surface area contributed by atoms with Crippen molar-refractivity contribution < 1.29 is 4.74 Å². The molecule has 0 atom stereocenters. The second-order valence-corrected chi connectivity index (χ2v) is 6.33. The second-order valence-electron chi connectivity index (χ2n) is 4.76. The topological polar surface area (TPSA) is 35.2 Å². The molecular formula is C16H16ClNOS. The third-order valence-corrected chi connectivity index (χ3v) is 4.67. The van der Waals surface area contributed by atoms with Gasteiger partial charge in [-0.15, -0.1) is 11.8 Å². The zero-order valence-electron chi connectivity index (χ0n) is 11.1. The maximum absolute atomic E-state index is 6.06. The lowest BCUT2D eigenvalue weighted by molar-refractivity contribution is 0.475. The number of ether oxygens (including phenoxy) is 1. The number of aryl methyl sites for hydroxylation is 1. The lowest BCUT2D eigenvalue weighted by atomic mass is 10.1. The van der Waals surface area contributed by atoms with E-state index in [1.807, 2.05) is 36.0 Å². The molecule has 0 aromatic heterocycles. The molecule has 2 aromatic rings. The van der Waals surface area contributed by atoms with Crippen molar-refractivity contribution in [2.24, 2.45) is 5.73 Å². The van der Waals surface area contributed by atoms with E-state index in [0.717, 1.165) is 35.7 Å². The Bertz CT molecular complexity index is 630. The van der Waals surface area contributed by atoms with E-state index in [-0.39, 0.29) is 0 Å². The van der Waals surface area contributed by atoms with Gasteiger partial charge in [0.05, 0.1) is 0 Å². The highest BCUT2D eigenvalue weighted by Crippen LogP contribution is 2.36. The Balaban J connectivity index is 1.88. The van der Waals surface area contributed by atoms with Crippen LogP contribution in [0.3, 0.4) is 0 Å². The number of benzene rings is 2. The molecule has 0 amide bonds. The van der Waals surface area contributed by atoms with Gasteiger partial charge in [-0.1, -0.05) is 23.7 Å². The fourth-order valence-corrected chi connectivity index (χ4v) is 3.58. The van der Waals surface area contributed by atoms with Crippen LogP contribution >= 0.6 is 23.4 Å². The van der Waals surface area contributed by atoms with Crippen LogP contribution in [0.4, 0.5) is 0 Å². The Morgan fingerprint density at radius 2 is 2.10 bits per heavy atom. The summed E-state index contributed by atoms with van der Waals surface area (Å²) in [4.78, 5) is 1.32. The lowest BCUT2D eigenvalue weighted by Crippen LogP contribution is -2.04. The van der Waals surface area contributed by atoms with Crippen molar-refractivity contribution >= 4 is 23.4 Å². The van der Waals surface area contributed by atoms with E-state index in [1.54, 1.807) is 0 Å². The van der Waals surface area contributed by atoms with Gasteiger partial charge in [0.25, 0.3) is 0 Å². The quantitative estimate of drug-likeness (QED) is 0.915. The van der Waals surface area contributed by atoms with Crippen molar-refractivity contribution in [2.45, 2.75) is 17.7 Å². The van der Waals surface area contributed by atoms with Gasteiger partial charge >= 0.3 is 0 Å². The number of fused-ring (bicyclic) bond motifs is 1. The summed E-state index contributed by atoms with van der Waals surface area (Å²) in [7, 11) is 0. The van der Waals surface area contributed by atoms with Crippen LogP contribution < -0.4 is 10.5 Å². The van der Waals surface area contributed by atoms with Gasteiger partial charge in [0, 0.05) is 15.7 Å². The molecule has 1 heterocycles. The first-order chi connectivity index (χ1) is 9.76. The normalized spacial score (nSPS) is 13.3. The van der Waals surface area contributed by atoms with Crippen LogP contribution in [0.25, 0.3) is 0 Å². The van der Waals surface area contributed by atoms with Crippen LogP contribution in [0.5, 0.6) is 11.5 Å². The Hall–Kier alpha value is -1.16. The van der Waals surface area contributed by atoms with Crippen molar-refractivity contribution in [3.8, 4) is 11.5 Å². The molecule has 0 bridgehead atoms. The van der Waals surface area contributed by atoms with Crippen LogP contribution in [0.15, 0.2) is 41.3 Å². The van der Waals surface area contributed by atoms with E-state index >= 15 is 0 Å². The summed E-state index contributed by atoms with van der Waals surface area (Å²) < 4.78 is 6.01. The van der Waals surface area contributed by atoms with Gasteiger partial charge in [-0.05, 0) is 54.8 Å². The molecule has 0 saturated carbocycles. The summed E-state index contributed by atoms with van der Waals surface area (Å²) in [6.07, 6.45) is 1.93. The molecule has 2 N–H and O–H groups in total. The Morgan fingerprint density at radius 1 is 1.20 bits per heavy atom. The molecule has 20 heavy (non-hydrogen) atoms. The first kappa shape index (κ1) is 13.8. The predicted octanol–water partition coefficient (Wildman–Crippen LogP) is 4.28. The number of nitrogens with two attached hydrogens (primary N) is 1. The van der Waals surface area contributed by atoms with E-state index in [1.165, 1.54) is 10.5 Å². The van der Waals surface area contributed by atoms with Gasteiger partial charge in [-0.3, -0.25) is 0 Å². The molecule has 2 nitrogen and oxygen atoms in total. The number of rotatable bonds is 4. The molecule has 0 saturated heterocycles. The highest BCUT2D eigenvalue weighted by Gasteiger charge is 2.13. The molecule has 3 rings (SSSR count). The first-order valence-electron chi connectivity index (χ1n) is 6.68. The highest BCUT2D eigenvalue weighted by atomic mass is 35.5. The average molecular weight is 306 g/mol. The van der Waals surface area contributed by atoms with E-state index in [4.69, 9.17) is 22.1 Å². The van der Waals surface area contributed by atoms with E-state index in [9.17, 15) is 0 Å². The van der Waals surface area contributed by atoms with Crippen molar-refractivity contribution in [3.63, 3.8) is 0 Å². The van der Waals surface area contributed by atoms with Crippen molar-refractivity contribution in [3.05, 3.63) is 52.5 Å². The summed E-state index contributed by atoms with van der Waals surface area (Å²) in [5.41, 5.74) is 8.14. The second kappa shape index (κ2) is 6.08. The summed E-state index contributed by atoms with van der Waals surface area (Å²) in [6, 6.07) is 12.0. The van der Waals surface area contributed by atoms with Crippen LogP contribution in [-0.2, 0) is 12.8 Å². The predicted molar refractivity (Wildman–Crippen MR) is 85.2 cm³/mol. The zero-order chi connectivity index (χ0) is 13.9. The van der Waals surface area contributed by atoms with E-state index in [0.29, 0.717) is 11.6 Å². The minimum Gasteiger partial charge on any atom is -0.457 e. The fourth-order valence-electron chi connectivity index (χ4n) is 2.32. The zero-order valence-corrected chi connectivity index (χ0v) is 12.6. The van der Waals surface area contributed by atoms with Gasteiger partial charge in [-0.2, -0.15) is 0 Å². The van der Waals surface area contributed by atoms with Gasteiger partial charge in [0.15, 0.2) is 0 Å². The largest absolute Gasteiger partial charge is 0.457 e. The molecule has 0 fully saturated rings. The van der Waals surface area contributed by atoms with Crippen molar-refractivity contribution in [1.82, 2.24) is 0 Å². The summed E-state index contributed by atoms with van der Waals surface area (Å²) in [6.45, 7) is 0.595. The Labute approximate surface area is 128 Å². The van der Waals surface area contributed by atoms with E-state index in [2.05, 4.69) is 12.1 Å². The monoisotopic (exact) mass is 305 g/mol. The minimum atomic E-state index is 0.595. The number of hydrogen-bond donors (Lipinski definition) is 1. The molecule has 0 unspecified atom stereocenters. The van der Waals surface area contributed by atoms with Gasteiger partial charge < -0.3 is 10.5 Å². The standard InChI is InChI=1S/C16H16ClNOS/c17-13-3-1-11(5-7-18)15(9-13)19-14-4-2-12-6-8-20-16(12)10-14/h1-4,9-10H,5-8,18H2. The number of hydrogen-bond acceptors (Lipinski definition) is 3. The third kappa shape index (κ3) is 2.95. The first-order valence-corrected chi connectivity index (χ1v) is 8.05. The van der Waals surface area contributed by atoms with Crippen molar-refractivity contribution in [2.75, 3.05) is 12.3 Å². The number of halogens is 1. The third-order valence-electron chi connectivity index (χ3n) is 3.34. The SMILES string of the molecule is NCCc1ccc(Cl)cc1Oc1ccc2c(c1)SCC2. The molecular weight excluding hydrogens is 290 g/mol. The lowest BCUT2D eigenvalue weighted by Gasteiger charge is -2.12. The van der Waals surface area contributed by atoms with Crippen molar-refractivity contribution in [1.29, 1.82) is 0 Å². The van der Waals surface area contributed by atoms with Crippen LogP contribution in [0, 0.1) is 0 Å². The molecule has 1 aliphatic heterocycles. The molecule has 104 valence electrons. The fraction of sp³-hybridized carbons (Fsp3) is 0.250. The molecule has 1 aliphatic rings. The smallest absolute Gasteiger partial charge is 0.132 e. The van der Waals surface area contributed by atoms with Gasteiger partial charge in [0.1, 0.15) is 11.5 Å². The van der Waals surface area contributed by atoms with E-state index < -0.39 is 0 Å². The highest BCUT2D eigenvalue weighted by molar-refractivity contribution is 7.99. The molecule has 0 radical (unpaired) electrons. The van der Waals surface area contributed by atoms with Gasteiger partial charge in [0.2, 0.25) is 0 Å². The summed E-state index contributed by atoms with van der Waals surface area (Å²) in [5, 5.41) is 0.677. The van der Waals surface area contributed by atoms with Gasteiger partial charge in [-0.25, -0.2) is 0 Å². The van der Waals surface area contributed by atoms with Crippen LogP contribution in [-0.4, -0.2) is 12.3 Å². The Kier molecular flexibility index (Phi) is 4.20. The summed E-state index contributed by atoms with van der Waals surface area (Å²) >= 11 is 7.95. The molecule has 4 heteroatoms. The number of thioether (sulfide) groups is 1. The maximum atomic E-state index is 6.06. The van der Waals surface area contributed by atoms with Crippen LogP contribution in [0.1, 0.15) is 11.1 Å². The minimum absolute atomic E-state index is 0.595. The molecule has 2 aromatic carbocycles. The van der Waals surface area contributed by atoms with Crippen LogP contribution in [0.2, 0.25) is 5.02 Å². The molecule has 0 spiro atoms. The summed E-state index contributed by atoms with van der Waals surface area (Å²) in [5.74, 6) is 2.82.